The maximum atomic E-state index is 12.1. The third kappa shape index (κ3) is 7.64. The standard InChI is InChI=1S/C24H20BrCl3N2O3/c1-2-32-22-11-17(13-29-30-23(31)12-15-3-6-18(25)7-4-15)10-21(28)24(22)33-14-16-5-8-19(26)20(27)9-16/h3-11,13H,2,12,14H2,1H3,(H,30,31)/b29-13-. The Morgan fingerprint density at radius 3 is 2.39 bits per heavy atom. The molecule has 33 heavy (non-hydrogen) atoms. The minimum absolute atomic E-state index is 0.219. The molecular weight excluding hydrogens is 551 g/mol. The van der Waals surface area contributed by atoms with Gasteiger partial charge in [0.1, 0.15) is 6.61 Å². The van der Waals surface area contributed by atoms with E-state index < -0.39 is 0 Å². The fourth-order valence-corrected chi connectivity index (χ4v) is 3.72. The summed E-state index contributed by atoms with van der Waals surface area (Å²) in [6.45, 7) is 2.51. The minimum atomic E-state index is -0.230. The van der Waals surface area contributed by atoms with E-state index in [1.807, 2.05) is 37.3 Å². The van der Waals surface area contributed by atoms with Crippen molar-refractivity contribution in [1.82, 2.24) is 5.43 Å². The van der Waals surface area contributed by atoms with Gasteiger partial charge in [0.25, 0.3) is 0 Å². The van der Waals surface area contributed by atoms with Gasteiger partial charge < -0.3 is 9.47 Å². The van der Waals surface area contributed by atoms with Crippen LogP contribution in [-0.4, -0.2) is 18.7 Å². The fourth-order valence-electron chi connectivity index (χ4n) is 2.86. The Labute approximate surface area is 215 Å². The van der Waals surface area contributed by atoms with Crippen molar-refractivity contribution in [3.63, 3.8) is 0 Å². The second-order valence-corrected chi connectivity index (χ2v) is 9.03. The zero-order valence-electron chi connectivity index (χ0n) is 17.6. The number of hydrogen-bond donors (Lipinski definition) is 1. The van der Waals surface area contributed by atoms with Crippen molar-refractivity contribution < 1.29 is 14.3 Å². The van der Waals surface area contributed by atoms with Gasteiger partial charge in [-0.25, -0.2) is 5.43 Å². The molecule has 0 atom stereocenters. The molecular formula is C24H20BrCl3N2O3. The molecule has 5 nitrogen and oxygen atoms in total. The van der Waals surface area contributed by atoms with Crippen LogP contribution in [0.1, 0.15) is 23.6 Å². The van der Waals surface area contributed by atoms with E-state index in [0.29, 0.717) is 38.7 Å². The average Bonchev–Trinajstić information content (AvgIpc) is 2.77. The van der Waals surface area contributed by atoms with Crippen LogP contribution in [0.25, 0.3) is 0 Å². The van der Waals surface area contributed by atoms with Crippen LogP contribution in [0.15, 0.2) is 64.2 Å². The molecule has 0 fully saturated rings. The van der Waals surface area contributed by atoms with E-state index in [2.05, 4.69) is 26.5 Å². The van der Waals surface area contributed by atoms with E-state index in [1.165, 1.54) is 6.21 Å². The molecule has 0 heterocycles. The van der Waals surface area contributed by atoms with Crippen molar-refractivity contribution in [2.24, 2.45) is 5.10 Å². The van der Waals surface area contributed by atoms with E-state index in [9.17, 15) is 4.79 Å². The Balaban J connectivity index is 1.66. The van der Waals surface area contributed by atoms with Crippen molar-refractivity contribution in [3.8, 4) is 11.5 Å². The van der Waals surface area contributed by atoms with E-state index in [4.69, 9.17) is 44.3 Å². The minimum Gasteiger partial charge on any atom is -0.490 e. The molecule has 3 aromatic carbocycles. The maximum absolute atomic E-state index is 12.1. The molecule has 0 spiro atoms. The van der Waals surface area contributed by atoms with Gasteiger partial charge in [-0.2, -0.15) is 5.10 Å². The van der Waals surface area contributed by atoms with E-state index in [0.717, 1.165) is 15.6 Å². The Hall–Kier alpha value is -2.25. The van der Waals surface area contributed by atoms with Gasteiger partial charge in [0.05, 0.1) is 34.3 Å². The second-order valence-electron chi connectivity index (χ2n) is 6.90. The number of hydrogen-bond acceptors (Lipinski definition) is 4. The fraction of sp³-hybridized carbons (Fsp3) is 0.167. The number of hydrazone groups is 1. The smallest absolute Gasteiger partial charge is 0.244 e. The van der Waals surface area contributed by atoms with Crippen LogP contribution in [0.2, 0.25) is 15.1 Å². The van der Waals surface area contributed by atoms with Crippen LogP contribution in [0.5, 0.6) is 11.5 Å². The van der Waals surface area contributed by atoms with Gasteiger partial charge in [0.2, 0.25) is 5.91 Å². The number of carbonyl (C=O) groups is 1. The average molecular weight is 571 g/mol. The van der Waals surface area contributed by atoms with Gasteiger partial charge in [0.15, 0.2) is 11.5 Å². The van der Waals surface area contributed by atoms with Crippen molar-refractivity contribution in [3.05, 3.63) is 90.8 Å². The largest absolute Gasteiger partial charge is 0.490 e. The Bertz CT molecular complexity index is 1150. The summed E-state index contributed by atoms with van der Waals surface area (Å²) in [5.74, 6) is 0.639. The molecule has 3 aromatic rings. The zero-order chi connectivity index (χ0) is 23.8. The maximum Gasteiger partial charge on any atom is 0.244 e. The molecule has 0 unspecified atom stereocenters. The molecule has 0 aliphatic carbocycles. The van der Waals surface area contributed by atoms with Gasteiger partial charge in [-0.15, -0.1) is 0 Å². The summed E-state index contributed by atoms with van der Waals surface area (Å²) in [4.78, 5) is 12.1. The summed E-state index contributed by atoms with van der Waals surface area (Å²) < 4.78 is 12.5. The summed E-state index contributed by atoms with van der Waals surface area (Å²) in [6, 6.07) is 16.2. The van der Waals surface area contributed by atoms with Gasteiger partial charge >= 0.3 is 0 Å². The molecule has 0 bridgehead atoms. The van der Waals surface area contributed by atoms with Crippen LogP contribution in [-0.2, 0) is 17.8 Å². The molecule has 0 aromatic heterocycles. The van der Waals surface area contributed by atoms with Crippen molar-refractivity contribution in [1.29, 1.82) is 0 Å². The lowest BCUT2D eigenvalue weighted by atomic mass is 10.1. The first-order valence-electron chi connectivity index (χ1n) is 9.95. The van der Waals surface area contributed by atoms with Crippen LogP contribution in [0.3, 0.4) is 0 Å². The van der Waals surface area contributed by atoms with Crippen molar-refractivity contribution in [2.75, 3.05) is 6.61 Å². The van der Waals surface area contributed by atoms with Gasteiger partial charge in [-0.1, -0.05) is 68.9 Å². The number of rotatable bonds is 9. The number of carbonyl (C=O) groups excluding carboxylic acids is 1. The van der Waals surface area contributed by atoms with Crippen LogP contribution < -0.4 is 14.9 Å². The van der Waals surface area contributed by atoms with Crippen molar-refractivity contribution >= 4 is 62.9 Å². The highest BCUT2D eigenvalue weighted by Gasteiger charge is 2.13. The van der Waals surface area contributed by atoms with Gasteiger partial charge in [0, 0.05) is 4.47 Å². The van der Waals surface area contributed by atoms with Crippen LogP contribution in [0, 0.1) is 0 Å². The number of ether oxygens (including phenoxy) is 2. The number of benzene rings is 3. The highest BCUT2D eigenvalue weighted by Crippen LogP contribution is 2.37. The third-order valence-electron chi connectivity index (χ3n) is 4.38. The first-order chi connectivity index (χ1) is 15.9. The third-order valence-corrected chi connectivity index (χ3v) is 5.93. The Kier molecular flexibility index (Phi) is 9.44. The normalized spacial score (nSPS) is 10.9. The lowest BCUT2D eigenvalue weighted by Gasteiger charge is -2.14. The van der Waals surface area contributed by atoms with E-state index in [-0.39, 0.29) is 18.9 Å². The highest BCUT2D eigenvalue weighted by atomic mass is 79.9. The summed E-state index contributed by atoms with van der Waals surface area (Å²) in [6.07, 6.45) is 1.72. The molecule has 0 aliphatic rings. The summed E-state index contributed by atoms with van der Waals surface area (Å²) >= 11 is 21.8. The lowest BCUT2D eigenvalue weighted by molar-refractivity contribution is -0.120. The zero-order valence-corrected chi connectivity index (χ0v) is 21.4. The van der Waals surface area contributed by atoms with Crippen LogP contribution in [0.4, 0.5) is 0 Å². The summed E-state index contributed by atoms with van der Waals surface area (Å²) in [5, 5.41) is 5.29. The monoisotopic (exact) mass is 568 g/mol. The number of amides is 1. The second kappa shape index (κ2) is 12.3. The molecule has 9 heteroatoms. The Morgan fingerprint density at radius 1 is 0.970 bits per heavy atom. The Morgan fingerprint density at radius 2 is 1.70 bits per heavy atom. The first kappa shape index (κ1) is 25.4. The molecule has 172 valence electrons. The van der Waals surface area contributed by atoms with Gasteiger partial charge in [-0.3, -0.25) is 4.79 Å². The topological polar surface area (TPSA) is 59.9 Å². The van der Waals surface area contributed by atoms with E-state index in [1.54, 1.807) is 24.3 Å². The predicted molar refractivity (Wildman–Crippen MR) is 137 cm³/mol. The summed E-state index contributed by atoms with van der Waals surface area (Å²) in [7, 11) is 0. The predicted octanol–water partition coefficient (Wildman–Crippen LogP) is 7.08. The molecule has 0 aliphatic heterocycles. The molecule has 1 N–H and O–H groups in total. The number of nitrogens with zero attached hydrogens (tertiary/aromatic N) is 1. The lowest BCUT2D eigenvalue weighted by Crippen LogP contribution is -2.19. The molecule has 0 radical (unpaired) electrons. The summed E-state index contributed by atoms with van der Waals surface area (Å²) in [5.41, 5.74) is 4.88. The molecule has 1 amide bonds. The number of nitrogens with one attached hydrogen (secondary N) is 1. The van der Waals surface area contributed by atoms with Crippen LogP contribution >= 0.6 is 50.7 Å². The SMILES string of the molecule is CCOc1cc(/C=N\NC(=O)Cc2ccc(Br)cc2)cc(Cl)c1OCc1ccc(Cl)c(Cl)c1. The van der Waals surface area contributed by atoms with Crippen molar-refractivity contribution in [2.45, 2.75) is 20.0 Å². The molecule has 0 saturated heterocycles. The van der Waals surface area contributed by atoms with E-state index >= 15 is 0 Å². The first-order valence-corrected chi connectivity index (χ1v) is 11.9. The molecule has 3 rings (SSSR count). The highest BCUT2D eigenvalue weighted by molar-refractivity contribution is 9.10. The van der Waals surface area contributed by atoms with Gasteiger partial charge in [-0.05, 0) is 60.0 Å². The quantitative estimate of drug-likeness (QED) is 0.221. The number of halogens is 4. The molecule has 0 saturated carbocycles.